The van der Waals surface area contributed by atoms with Crippen molar-refractivity contribution in [3.8, 4) is 0 Å². The van der Waals surface area contributed by atoms with Crippen molar-refractivity contribution in [2.75, 3.05) is 0 Å². The van der Waals surface area contributed by atoms with E-state index in [2.05, 4.69) is 0 Å². The Hall–Kier alpha value is -2.26. The van der Waals surface area contributed by atoms with Crippen LogP contribution < -0.4 is 0 Å². The van der Waals surface area contributed by atoms with E-state index in [0.717, 1.165) is 16.7 Å². The molecule has 1 aliphatic rings. The number of rotatable bonds is 4. The lowest BCUT2D eigenvalue weighted by Crippen LogP contribution is -2.41. The molecule has 0 aliphatic carbocycles. The van der Waals surface area contributed by atoms with Crippen molar-refractivity contribution in [3.63, 3.8) is 0 Å². The Morgan fingerprint density at radius 1 is 1.45 bits per heavy atom. The number of thioether (sulfide) groups is 1. The van der Waals surface area contributed by atoms with E-state index in [1.54, 1.807) is 0 Å². The maximum Gasteiger partial charge on any atom is 0.326 e. The van der Waals surface area contributed by atoms with Crippen molar-refractivity contribution in [2.24, 2.45) is 0 Å². The van der Waals surface area contributed by atoms with Crippen molar-refractivity contribution < 1.29 is 19.6 Å². The average molecular weight is 338 g/mol. The maximum atomic E-state index is 12.2. The molecule has 9 heteroatoms. The number of amides is 1. The number of carboxylic acid groups (broad SMARTS) is 1. The number of nitro benzene ring substituents is 1. The fourth-order valence-electron chi connectivity index (χ4n) is 1.77. The van der Waals surface area contributed by atoms with Crippen LogP contribution in [0.1, 0.15) is 12.5 Å². The van der Waals surface area contributed by atoms with E-state index in [-0.39, 0.29) is 14.9 Å². The third kappa shape index (κ3) is 3.15. The Labute approximate surface area is 134 Å². The average Bonchev–Trinajstić information content (AvgIpc) is 2.73. The van der Waals surface area contributed by atoms with Crippen LogP contribution in [0.4, 0.5) is 5.69 Å². The third-order valence-electron chi connectivity index (χ3n) is 2.97. The van der Waals surface area contributed by atoms with Gasteiger partial charge in [-0.15, -0.1) is 0 Å². The molecular formula is C13H10N2O5S2. The van der Waals surface area contributed by atoms with E-state index in [1.165, 1.54) is 37.3 Å². The van der Waals surface area contributed by atoms with Crippen LogP contribution in [-0.2, 0) is 9.59 Å². The van der Waals surface area contributed by atoms with Gasteiger partial charge in [-0.05, 0) is 30.7 Å². The van der Waals surface area contributed by atoms with Gasteiger partial charge >= 0.3 is 5.97 Å². The summed E-state index contributed by atoms with van der Waals surface area (Å²) in [5.74, 6) is -1.63. The van der Waals surface area contributed by atoms with E-state index in [4.69, 9.17) is 17.3 Å². The van der Waals surface area contributed by atoms with Gasteiger partial charge in [0.1, 0.15) is 10.4 Å². The summed E-state index contributed by atoms with van der Waals surface area (Å²) in [5.41, 5.74) is 0.540. The molecule has 1 fully saturated rings. The standard InChI is InChI=1S/C13H10N2O5S2/c1-7(12(17)18)14-11(16)10(22-13(14)21)6-8-2-4-9(5-3-8)15(19)20/h2-7H,1H3,(H,17,18)/b10-6-/t7-/m1/s1. The predicted molar refractivity (Wildman–Crippen MR) is 85.2 cm³/mol. The highest BCUT2D eigenvalue weighted by Gasteiger charge is 2.38. The Morgan fingerprint density at radius 3 is 2.55 bits per heavy atom. The van der Waals surface area contributed by atoms with Gasteiger partial charge in [-0.2, -0.15) is 0 Å². The number of aliphatic carboxylic acids is 1. The summed E-state index contributed by atoms with van der Waals surface area (Å²) < 4.78 is 0.174. The number of benzene rings is 1. The molecule has 1 N–H and O–H groups in total. The monoisotopic (exact) mass is 338 g/mol. The molecule has 1 heterocycles. The molecule has 0 bridgehead atoms. The number of thiocarbonyl (C=S) groups is 1. The fourth-order valence-corrected chi connectivity index (χ4v) is 3.19. The molecule has 1 aliphatic heterocycles. The summed E-state index contributed by atoms with van der Waals surface area (Å²) in [4.78, 5) is 34.6. The first kappa shape index (κ1) is 16.1. The lowest BCUT2D eigenvalue weighted by molar-refractivity contribution is -0.384. The van der Waals surface area contributed by atoms with Crippen molar-refractivity contribution >= 4 is 51.9 Å². The second kappa shape index (κ2) is 6.24. The molecule has 114 valence electrons. The van der Waals surface area contributed by atoms with Gasteiger partial charge in [0.2, 0.25) is 0 Å². The summed E-state index contributed by atoms with van der Waals surface area (Å²) in [7, 11) is 0. The number of nitro groups is 1. The molecule has 1 atom stereocenters. The third-order valence-corrected chi connectivity index (χ3v) is 4.30. The first-order chi connectivity index (χ1) is 10.3. The Balaban J connectivity index is 2.26. The second-order valence-electron chi connectivity index (χ2n) is 4.41. The minimum Gasteiger partial charge on any atom is -0.480 e. The van der Waals surface area contributed by atoms with Gasteiger partial charge in [-0.3, -0.25) is 19.8 Å². The molecule has 0 radical (unpaired) electrons. The lowest BCUT2D eigenvalue weighted by atomic mass is 10.2. The van der Waals surface area contributed by atoms with Gasteiger partial charge in [-0.25, -0.2) is 4.79 Å². The highest BCUT2D eigenvalue weighted by atomic mass is 32.2. The molecule has 1 saturated heterocycles. The van der Waals surface area contributed by atoms with Crippen LogP contribution in [0.15, 0.2) is 29.2 Å². The first-order valence-electron chi connectivity index (χ1n) is 6.05. The molecular weight excluding hydrogens is 328 g/mol. The highest BCUT2D eigenvalue weighted by molar-refractivity contribution is 8.26. The molecule has 1 amide bonds. The number of carbonyl (C=O) groups excluding carboxylic acids is 1. The van der Waals surface area contributed by atoms with Crippen molar-refractivity contribution in [1.29, 1.82) is 0 Å². The number of nitrogens with zero attached hydrogens (tertiary/aromatic N) is 2. The summed E-state index contributed by atoms with van der Waals surface area (Å²) in [5, 5.41) is 19.6. The van der Waals surface area contributed by atoms with Crippen LogP contribution in [0.25, 0.3) is 6.08 Å². The van der Waals surface area contributed by atoms with Gasteiger partial charge in [0.25, 0.3) is 11.6 Å². The molecule has 22 heavy (non-hydrogen) atoms. The normalized spacial score (nSPS) is 17.9. The quantitative estimate of drug-likeness (QED) is 0.389. The van der Waals surface area contributed by atoms with E-state index < -0.39 is 22.8 Å². The van der Waals surface area contributed by atoms with Crippen LogP contribution in [0.5, 0.6) is 0 Å². The molecule has 0 unspecified atom stereocenters. The molecule has 1 aromatic rings. The summed E-state index contributed by atoms with van der Waals surface area (Å²) in [6.07, 6.45) is 1.53. The van der Waals surface area contributed by atoms with Crippen LogP contribution >= 0.6 is 24.0 Å². The van der Waals surface area contributed by atoms with Crippen LogP contribution in [-0.4, -0.2) is 37.2 Å². The number of hydrogen-bond donors (Lipinski definition) is 1. The van der Waals surface area contributed by atoms with Crippen molar-refractivity contribution in [2.45, 2.75) is 13.0 Å². The summed E-state index contributed by atoms with van der Waals surface area (Å²) >= 11 is 6.04. The first-order valence-corrected chi connectivity index (χ1v) is 7.28. The number of hydrogen-bond acceptors (Lipinski definition) is 6. The smallest absolute Gasteiger partial charge is 0.326 e. The molecule has 7 nitrogen and oxygen atoms in total. The number of non-ortho nitro benzene ring substituents is 1. The number of carboxylic acids is 1. The zero-order valence-electron chi connectivity index (χ0n) is 11.3. The van der Waals surface area contributed by atoms with Crippen LogP contribution in [0.3, 0.4) is 0 Å². The topological polar surface area (TPSA) is 101 Å². The number of carbonyl (C=O) groups is 2. The van der Waals surface area contributed by atoms with Gasteiger partial charge in [0.15, 0.2) is 0 Å². The Kier molecular flexibility index (Phi) is 4.57. The second-order valence-corrected chi connectivity index (χ2v) is 6.09. The minimum absolute atomic E-state index is 0.0517. The zero-order chi connectivity index (χ0) is 16.4. The molecule has 0 saturated carbocycles. The van der Waals surface area contributed by atoms with Crippen LogP contribution in [0, 0.1) is 10.1 Å². The highest BCUT2D eigenvalue weighted by Crippen LogP contribution is 2.34. The van der Waals surface area contributed by atoms with Crippen molar-refractivity contribution in [1.82, 2.24) is 4.90 Å². The van der Waals surface area contributed by atoms with Gasteiger partial charge in [0.05, 0.1) is 9.83 Å². The van der Waals surface area contributed by atoms with Gasteiger partial charge < -0.3 is 5.11 Å². The summed E-state index contributed by atoms with van der Waals surface area (Å²) in [6.45, 7) is 1.38. The maximum absolute atomic E-state index is 12.2. The van der Waals surface area contributed by atoms with Crippen molar-refractivity contribution in [3.05, 3.63) is 44.8 Å². The van der Waals surface area contributed by atoms with E-state index in [9.17, 15) is 19.7 Å². The zero-order valence-corrected chi connectivity index (χ0v) is 12.9. The minimum atomic E-state index is -1.15. The van der Waals surface area contributed by atoms with E-state index >= 15 is 0 Å². The predicted octanol–water partition coefficient (Wildman–Crippen LogP) is 2.27. The Bertz CT molecular complexity index is 699. The molecule has 2 rings (SSSR count). The van der Waals surface area contributed by atoms with E-state index in [0.29, 0.717) is 5.56 Å². The largest absolute Gasteiger partial charge is 0.480 e. The summed E-state index contributed by atoms with van der Waals surface area (Å²) in [6, 6.07) is 4.62. The Morgan fingerprint density at radius 2 is 2.05 bits per heavy atom. The molecule has 1 aromatic carbocycles. The van der Waals surface area contributed by atoms with Gasteiger partial charge in [0, 0.05) is 12.1 Å². The molecule has 0 aromatic heterocycles. The lowest BCUT2D eigenvalue weighted by Gasteiger charge is -2.18. The van der Waals surface area contributed by atoms with Crippen LogP contribution in [0.2, 0.25) is 0 Å². The van der Waals surface area contributed by atoms with E-state index in [1.807, 2.05) is 0 Å². The SMILES string of the molecule is C[C@H](C(=O)O)N1C(=O)/C(=C/c2ccc([N+](=O)[O-])cc2)SC1=S. The molecule has 0 spiro atoms. The fraction of sp³-hybridized carbons (Fsp3) is 0.154. The van der Waals surface area contributed by atoms with Gasteiger partial charge in [-0.1, -0.05) is 24.0 Å².